The van der Waals surface area contributed by atoms with Crippen molar-refractivity contribution in [3.8, 4) is 6.07 Å². The monoisotopic (exact) mass is 249 g/mol. The highest BCUT2D eigenvalue weighted by molar-refractivity contribution is 5.65. The van der Waals surface area contributed by atoms with Gasteiger partial charge >= 0.3 is 0 Å². The Bertz CT molecular complexity index is 468. The van der Waals surface area contributed by atoms with Crippen LogP contribution in [0.5, 0.6) is 0 Å². The maximum absolute atomic E-state index is 11.0. The van der Waals surface area contributed by atoms with Crippen LogP contribution in [0.15, 0.2) is 18.2 Å². The van der Waals surface area contributed by atoms with E-state index in [4.69, 9.17) is 10.00 Å². The van der Waals surface area contributed by atoms with Crippen molar-refractivity contribution in [2.45, 2.75) is 6.92 Å². The van der Waals surface area contributed by atoms with Gasteiger partial charge in [0.25, 0.3) is 5.69 Å². The van der Waals surface area contributed by atoms with Crippen LogP contribution in [-0.4, -0.2) is 31.7 Å². The minimum absolute atomic E-state index is 0.0620. The van der Waals surface area contributed by atoms with Crippen LogP contribution in [-0.2, 0) is 4.74 Å². The van der Waals surface area contributed by atoms with Crippen molar-refractivity contribution in [2.24, 2.45) is 0 Å². The van der Waals surface area contributed by atoms with Crippen molar-refractivity contribution in [3.63, 3.8) is 0 Å². The van der Waals surface area contributed by atoms with Crippen molar-refractivity contribution >= 4 is 11.4 Å². The second-order valence-electron chi connectivity index (χ2n) is 3.69. The van der Waals surface area contributed by atoms with Gasteiger partial charge in [0, 0.05) is 26.3 Å². The van der Waals surface area contributed by atoms with Crippen LogP contribution >= 0.6 is 0 Å². The van der Waals surface area contributed by atoms with E-state index in [0.29, 0.717) is 25.4 Å². The second-order valence-corrected chi connectivity index (χ2v) is 3.69. The number of likely N-dealkylation sites (N-methyl/N-ethyl adjacent to an activating group) is 1. The summed E-state index contributed by atoms with van der Waals surface area (Å²) in [6, 6.07) is 6.33. The number of nitro groups is 1. The summed E-state index contributed by atoms with van der Waals surface area (Å²) < 4.78 is 5.21. The van der Waals surface area contributed by atoms with Crippen LogP contribution in [0, 0.1) is 21.4 Å². The fourth-order valence-electron chi connectivity index (χ4n) is 1.53. The van der Waals surface area contributed by atoms with Crippen molar-refractivity contribution in [2.75, 3.05) is 31.7 Å². The van der Waals surface area contributed by atoms with Crippen LogP contribution in [0.2, 0.25) is 0 Å². The van der Waals surface area contributed by atoms with E-state index in [9.17, 15) is 10.1 Å². The molecule has 0 radical (unpaired) electrons. The Hall–Kier alpha value is -2.13. The molecule has 0 bridgehead atoms. The van der Waals surface area contributed by atoms with Crippen LogP contribution in [0.4, 0.5) is 11.4 Å². The zero-order valence-corrected chi connectivity index (χ0v) is 10.4. The van der Waals surface area contributed by atoms with Gasteiger partial charge in [-0.2, -0.15) is 5.26 Å². The molecule has 0 aliphatic heterocycles. The number of ether oxygens (including phenoxy) is 1. The number of nitriles is 1. The molecule has 1 rings (SSSR count). The largest absolute Gasteiger partial charge is 0.380 e. The van der Waals surface area contributed by atoms with Crippen LogP contribution in [0.3, 0.4) is 0 Å². The summed E-state index contributed by atoms with van der Waals surface area (Å²) in [5.74, 6) is 0. The average Bonchev–Trinajstić information content (AvgIpc) is 2.38. The molecule has 0 N–H and O–H groups in total. The molecule has 0 aliphatic rings. The first-order chi connectivity index (χ1) is 8.60. The topological polar surface area (TPSA) is 79.4 Å². The highest BCUT2D eigenvalue weighted by Gasteiger charge is 2.17. The number of nitrogens with zero attached hydrogens (tertiary/aromatic N) is 3. The van der Waals surface area contributed by atoms with Gasteiger partial charge in [0.05, 0.1) is 23.2 Å². The summed E-state index contributed by atoms with van der Waals surface area (Å²) in [6.45, 7) is 3.57. The van der Waals surface area contributed by atoms with Crippen LogP contribution < -0.4 is 4.90 Å². The average molecular weight is 249 g/mol. The minimum atomic E-state index is -0.479. The molecule has 0 saturated carbocycles. The minimum Gasteiger partial charge on any atom is -0.380 e. The molecule has 0 atom stereocenters. The van der Waals surface area contributed by atoms with E-state index in [1.54, 1.807) is 24.1 Å². The van der Waals surface area contributed by atoms with Gasteiger partial charge in [-0.3, -0.25) is 10.1 Å². The first kappa shape index (κ1) is 13.9. The van der Waals surface area contributed by atoms with Gasteiger partial charge in [-0.15, -0.1) is 0 Å². The summed E-state index contributed by atoms with van der Waals surface area (Å²) in [7, 11) is 1.76. The van der Waals surface area contributed by atoms with Gasteiger partial charge in [-0.1, -0.05) is 0 Å². The first-order valence-electron chi connectivity index (χ1n) is 5.57. The van der Waals surface area contributed by atoms with E-state index in [1.165, 1.54) is 6.07 Å². The molecular weight excluding hydrogens is 234 g/mol. The lowest BCUT2D eigenvalue weighted by Crippen LogP contribution is -2.23. The predicted molar refractivity (Wildman–Crippen MR) is 67.6 cm³/mol. The maximum atomic E-state index is 11.0. The highest BCUT2D eigenvalue weighted by atomic mass is 16.6. The molecule has 0 amide bonds. The molecule has 0 spiro atoms. The molecule has 6 heteroatoms. The van der Waals surface area contributed by atoms with Gasteiger partial charge < -0.3 is 9.64 Å². The molecule has 1 aromatic rings. The van der Waals surface area contributed by atoms with Gasteiger partial charge in [0.2, 0.25) is 0 Å². The number of hydrogen-bond donors (Lipinski definition) is 0. The van der Waals surface area contributed by atoms with E-state index >= 15 is 0 Å². The summed E-state index contributed by atoms with van der Waals surface area (Å²) in [6.07, 6.45) is 0. The summed E-state index contributed by atoms with van der Waals surface area (Å²) in [5.41, 5.74) is 0.704. The quantitative estimate of drug-likeness (QED) is 0.437. The molecule has 18 heavy (non-hydrogen) atoms. The summed E-state index contributed by atoms with van der Waals surface area (Å²) in [5, 5.41) is 19.7. The lowest BCUT2D eigenvalue weighted by atomic mass is 10.2. The number of rotatable bonds is 6. The molecule has 0 unspecified atom stereocenters. The molecule has 0 aliphatic carbocycles. The second kappa shape index (κ2) is 6.57. The molecule has 96 valence electrons. The Labute approximate surface area is 106 Å². The fraction of sp³-hybridized carbons (Fsp3) is 0.417. The van der Waals surface area contributed by atoms with Gasteiger partial charge in [-0.25, -0.2) is 0 Å². The Morgan fingerprint density at radius 1 is 1.56 bits per heavy atom. The maximum Gasteiger partial charge on any atom is 0.293 e. The van der Waals surface area contributed by atoms with Crippen molar-refractivity contribution in [1.29, 1.82) is 5.26 Å². The fourth-order valence-corrected chi connectivity index (χ4v) is 1.53. The van der Waals surface area contributed by atoms with E-state index in [0.717, 1.165) is 0 Å². The van der Waals surface area contributed by atoms with Crippen molar-refractivity contribution < 1.29 is 9.66 Å². The summed E-state index contributed by atoms with van der Waals surface area (Å²) >= 11 is 0. The molecular formula is C12H15N3O3. The molecule has 0 saturated heterocycles. The Kier molecular flexibility index (Phi) is 5.08. The third-order valence-corrected chi connectivity index (χ3v) is 2.49. The van der Waals surface area contributed by atoms with Gasteiger partial charge in [-0.05, 0) is 19.1 Å². The number of anilines is 1. The summed E-state index contributed by atoms with van der Waals surface area (Å²) in [4.78, 5) is 12.2. The lowest BCUT2D eigenvalue weighted by Gasteiger charge is -2.18. The predicted octanol–water partition coefficient (Wildman–Crippen LogP) is 1.94. The Balaban J connectivity index is 2.93. The van der Waals surface area contributed by atoms with Crippen LogP contribution in [0.1, 0.15) is 12.5 Å². The molecule has 1 aromatic carbocycles. The molecule has 6 nitrogen and oxygen atoms in total. The van der Waals surface area contributed by atoms with Crippen molar-refractivity contribution in [1.82, 2.24) is 0 Å². The Morgan fingerprint density at radius 2 is 2.28 bits per heavy atom. The van der Waals surface area contributed by atoms with Crippen molar-refractivity contribution in [3.05, 3.63) is 33.9 Å². The Morgan fingerprint density at radius 3 is 2.83 bits per heavy atom. The SMILES string of the molecule is CCOCCN(C)c1ccc(C#N)cc1[N+](=O)[O-]. The van der Waals surface area contributed by atoms with Gasteiger partial charge in [0.15, 0.2) is 0 Å². The third kappa shape index (κ3) is 3.43. The standard InChI is InChI=1S/C12H15N3O3/c1-3-18-7-6-14(2)11-5-4-10(9-13)8-12(11)15(16)17/h4-5,8H,3,6-7H2,1-2H3. The van der Waals surface area contributed by atoms with Gasteiger partial charge in [0.1, 0.15) is 5.69 Å². The number of nitro benzene ring substituents is 1. The first-order valence-corrected chi connectivity index (χ1v) is 5.57. The molecule has 0 fully saturated rings. The van der Waals surface area contributed by atoms with E-state index < -0.39 is 4.92 Å². The normalized spacial score (nSPS) is 9.83. The zero-order chi connectivity index (χ0) is 13.5. The lowest BCUT2D eigenvalue weighted by molar-refractivity contribution is -0.384. The smallest absolute Gasteiger partial charge is 0.293 e. The van der Waals surface area contributed by atoms with E-state index in [1.807, 2.05) is 13.0 Å². The third-order valence-electron chi connectivity index (χ3n) is 2.49. The molecule has 0 aromatic heterocycles. The number of benzene rings is 1. The van der Waals surface area contributed by atoms with E-state index in [2.05, 4.69) is 0 Å². The zero-order valence-electron chi connectivity index (χ0n) is 10.4. The van der Waals surface area contributed by atoms with E-state index in [-0.39, 0.29) is 11.3 Å². The molecule has 0 heterocycles. The number of hydrogen-bond acceptors (Lipinski definition) is 5. The van der Waals surface area contributed by atoms with Crippen LogP contribution in [0.25, 0.3) is 0 Å². The highest BCUT2D eigenvalue weighted by Crippen LogP contribution is 2.28.